The summed E-state index contributed by atoms with van der Waals surface area (Å²) in [5, 5.41) is 79.4. The van der Waals surface area contributed by atoms with Crippen LogP contribution in [0.2, 0.25) is 20.5 Å². The van der Waals surface area contributed by atoms with Crippen molar-refractivity contribution in [1.29, 1.82) is 0 Å². The fraction of sp³-hybridized carbons (Fsp3) is 0.500. The van der Waals surface area contributed by atoms with E-state index in [4.69, 9.17) is 14.2 Å². The molecule has 1 aliphatic heterocycles. The minimum Gasteiger partial charge on any atom is -0.507 e. The molecule has 8 N–H and O–H groups in total. The monoisotopic (exact) mass is 709 g/mol. The number of nitrogens with zero attached hydrogens (tertiary/aromatic N) is 2. The highest BCUT2D eigenvalue weighted by atomic mass is 16.7. The SMILES string of the molecule is COc1cccc2c1C(=O)c1c(O)c3c(c(O)c1C2=O)C[C@@](O)(C(=O)CN(B(C)O)/C(C)=N/B(C)O)C[C@@H]3O[C@H]1C[C@H](NB(C)O)[C@H](O)[C@H](C)O1. The van der Waals surface area contributed by atoms with Crippen molar-refractivity contribution in [3.05, 3.63) is 51.6 Å². The van der Waals surface area contributed by atoms with Gasteiger partial charge in [0.05, 0.1) is 54.5 Å². The van der Waals surface area contributed by atoms with E-state index >= 15 is 0 Å². The number of fused-ring (bicyclic) bond motifs is 3. The third-order valence-electron chi connectivity index (χ3n) is 9.63. The molecule has 6 atom stereocenters. The van der Waals surface area contributed by atoms with Crippen LogP contribution in [0.1, 0.15) is 75.8 Å². The maximum Gasteiger partial charge on any atom is 0.429 e. The molecule has 0 amide bonds. The summed E-state index contributed by atoms with van der Waals surface area (Å²) in [4.78, 5) is 47.0. The summed E-state index contributed by atoms with van der Waals surface area (Å²) in [6.07, 6.45) is -5.72. The van der Waals surface area contributed by atoms with Crippen LogP contribution in [0.25, 0.3) is 0 Å². The second-order valence-corrected chi connectivity index (χ2v) is 13.4. The predicted molar refractivity (Wildman–Crippen MR) is 185 cm³/mol. The number of nitrogens with one attached hydrogen (secondary N) is 1. The minimum absolute atomic E-state index is 0.0426. The Hall–Kier alpha value is -3.81. The largest absolute Gasteiger partial charge is 0.507 e. The van der Waals surface area contributed by atoms with E-state index in [1.807, 2.05) is 0 Å². The van der Waals surface area contributed by atoms with Gasteiger partial charge in [0.15, 0.2) is 17.9 Å². The normalized spacial score (nSPS) is 25.8. The first-order valence-corrected chi connectivity index (χ1v) is 16.6. The smallest absolute Gasteiger partial charge is 0.429 e. The topological polar surface area (TPSA) is 248 Å². The first-order valence-electron chi connectivity index (χ1n) is 16.6. The van der Waals surface area contributed by atoms with E-state index < -0.39 is 117 Å². The minimum atomic E-state index is -2.35. The molecule has 0 spiro atoms. The molecule has 1 heterocycles. The molecule has 2 aromatic carbocycles. The Labute approximate surface area is 295 Å². The number of carbonyl (C=O) groups is 3. The molecular weight excluding hydrogens is 667 g/mol. The van der Waals surface area contributed by atoms with Gasteiger partial charge in [-0.15, -0.1) is 0 Å². The molecule has 5 rings (SSSR count). The molecule has 2 aromatic rings. The maximum atomic E-state index is 14.0. The van der Waals surface area contributed by atoms with Gasteiger partial charge in [0.25, 0.3) is 0 Å². The van der Waals surface area contributed by atoms with Crippen LogP contribution in [0.4, 0.5) is 0 Å². The highest BCUT2D eigenvalue weighted by molar-refractivity contribution is 6.52. The molecule has 1 saturated heterocycles. The van der Waals surface area contributed by atoms with Crippen LogP contribution in [0.5, 0.6) is 17.2 Å². The Morgan fingerprint density at radius 2 is 1.76 bits per heavy atom. The number of aliphatic hydroxyl groups is 2. The van der Waals surface area contributed by atoms with E-state index in [1.165, 1.54) is 52.7 Å². The zero-order valence-corrected chi connectivity index (χ0v) is 29.2. The number of hydrogen-bond donors (Lipinski definition) is 8. The second-order valence-electron chi connectivity index (χ2n) is 13.4. The van der Waals surface area contributed by atoms with Crippen molar-refractivity contribution < 1.29 is 64.1 Å². The fourth-order valence-electron chi connectivity index (χ4n) is 7.21. The molecular formula is C32H42B3N3O13. The van der Waals surface area contributed by atoms with Crippen molar-refractivity contribution in [2.45, 2.75) is 89.8 Å². The van der Waals surface area contributed by atoms with Crippen LogP contribution in [0.15, 0.2) is 23.1 Å². The number of aromatic hydroxyl groups is 2. The standard InChI is InChI=1S/C32H42B3N3O13/c1-14-27(40)18(37-34(4)47)10-22(50-14)51-20-12-32(45,21(39)13-38(35(5)48)15(2)36-33(3)46)11-17-24(20)31(44)26-25(29(17)42)28(41)16-8-7-9-19(49-6)23(16)30(26)43/h7-9,14,18,20,22,27,37,40,42,44-48H,10-13H2,1-6H3/b36-15+/t14-,18-,20-,22-,27+,32-/m0/s1. The average molecular weight is 709 g/mol. The predicted octanol–water partition coefficient (Wildman–Crippen LogP) is -0.309. The van der Waals surface area contributed by atoms with E-state index in [2.05, 4.69) is 10.1 Å². The van der Waals surface area contributed by atoms with Gasteiger partial charge in [-0.3, -0.25) is 19.3 Å². The quantitative estimate of drug-likeness (QED) is 0.0582. The number of ketones is 3. The number of hydrogen-bond acceptors (Lipinski definition) is 15. The summed E-state index contributed by atoms with van der Waals surface area (Å²) in [6, 6.07) is 3.60. The summed E-state index contributed by atoms with van der Waals surface area (Å²) in [5.41, 5.74) is -3.98. The fourth-order valence-corrected chi connectivity index (χ4v) is 7.21. The number of methoxy groups -OCH3 is 1. The van der Waals surface area contributed by atoms with Crippen molar-refractivity contribution in [3.63, 3.8) is 0 Å². The number of ether oxygens (including phenoxy) is 3. The number of phenols is 2. The van der Waals surface area contributed by atoms with E-state index in [9.17, 15) is 49.9 Å². The Morgan fingerprint density at radius 1 is 1.10 bits per heavy atom. The van der Waals surface area contributed by atoms with Gasteiger partial charge in [0.1, 0.15) is 22.8 Å². The first kappa shape index (κ1) is 38.4. The van der Waals surface area contributed by atoms with E-state index in [0.29, 0.717) is 0 Å². The summed E-state index contributed by atoms with van der Waals surface area (Å²) in [7, 11) is -2.14. The lowest BCUT2D eigenvalue weighted by Gasteiger charge is -2.43. The molecule has 0 radical (unpaired) electrons. The maximum absolute atomic E-state index is 14.0. The Kier molecular flexibility index (Phi) is 11.1. The molecule has 0 unspecified atom stereocenters. The van der Waals surface area contributed by atoms with Crippen LogP contribution >= 0.6 is 0 Å². The highest BCUT2D eigenvalue weighted by Crippen LogP contribution is 2.52. The van der Waals surface area contributed by atoms with Crippen LogP contribution in [-0.4, -0.2) is 128 Å². The molecule has 51 heavy (non-hydrogen) atoms. The zero-order valence-electron chi connectivity index (χ0n) is 29.2. The number of Topliss-reactive ketones (excluding diaryl/α,β-unsaturated/α-hetero) is 1. The number of aliphatic hydroxyl groups excluding tert-OH is 1. The third kappa shape index (κ3) is 7.17. The van der Waals surface area contributed by atoms with E-state index in [-0.39, 0.29) is 40.3 Å². The number of amidine groups is 1. The molecule has 19 heteroatoms. The molecule has 16 nitrogen and oxygen atoms in total. The lowest BCUT2D eigenvalue weighted by atomic mass is 9.71. The van der Waals surface area contributed by atoms with Gasteiger partial charge >= 0.3 is 21.2 Å². The van der Waals surface area contributed by atoms with Gasteiger partial charge < -0.3 is 59.7 Å². The van der Waals surface area contributed by atoms with Crippen molar-refractivity contribution in [3.8, 4) is 17.2 Å². The van der Waals surface area contributed by atoms with Crippen molar-refractivity contribution >= 4 is 44.3 Å². The number of benzene rings is 2. The summed E-state index contributed by atoms with van der Waals surface area (Å²) in [5.74, 6) is -3.77. The summed E-state index contributed by atoms with van der Waals surface area (Å²) >= 11 is 0. The number of carbonyl (C=O) groups excluding carboxylic acids is 3. The molecule has 1 fully saturated rings. The van der Waals surface area contributed by atoms with Crippen LogP contribution < -0.4 is 9.96 Å². The lowest BCUT2D eigenvalue weighted by molar-refractivity contribution is -0.248. The Morgan fingerprint density at radius 3 is 2.37 bits per heavy atom. The number of rotatable bonds is 10. The number of phenolic OH excluding ortho intramolecular Hbond substituents is 2. The van der Waals surface area contributed by atoms with Gasteiger partial charge in [-0.1, -0.05) is 12.1 Å². The van der Waals surface area contributed by atoms with Gasteiger partial charge in [0.2, 0.25) is 5.78 Å². The van der Waals surface area contributed by atoms with E-state index in [1.54, 1.807) is 6.92 Å². The molecule has 0 saturated carbocycles. The average Bonchev–Trinajstić information content (AvgIpc) is 3.04. The molecule has 3 aliphatic rings. The summed E-state index contributed by atoms with van der Waals surface area (Å²) < 4.78 is 17.5. The van der Waals surface area contributed by atoms with Crippen LogP contribution in [-0.2, 0) is 20.7 Å². The summed E-state index contributed by atoms with van der Waals surface area (Å²) in [6.45, 7) is 6.62. The third-order valence-corrected chi connectivity index (χ3v) is 9.63. The molecule has 0 bridgehead atoms. The van der Waals surface area contributed by atoms with Gasteiger partial charge in [0, 0.05) is 42.0 Å². The first-order chi connectivity index (χ1) is 23.9. The van der Waals surface area contributed by atoms with Crippen molar-refractivity contribution in [2.24, 2.45) is 4.90 Å². The molecule has 272 valence electrons. The molecule has 2 aliphatic carbocycles. The van der Waals surface area contributed by atoms with Gasteiger partial charge in [-0.2, -0.15) is 0 Å². The molecule has 0 aromatic heterocycles. The van der Waals surface area contributed by atoms with Gasteiger partial charge in [-0.25, -0.2) is 0 Å². The van der Waals surface area contributed by atoms with Gasteiger partial charge in [-0.05, 0) is 40.4 Å². The van der Waals surface area contributed by atoms with Crippen molar-refractivity contribution in [2.75, 3.05) is 13.7 Å². The zero-order chi connectivity index (χ0) is 37.7. The Bertz CT molecular complexity index is 1760. The lowest BCUT2D eigenvalue weighted by Crippen LogP contribution is -2.57. The van der Waals surface area contributed by atoms with Crippen molar-refractivity contribution in [1.82, 2.24) is 10.0 Å². The van der Waals surface area contributed by atoms with Crippen LogP contribution in [0, 0.1) is 0 Å². The Balaban J connectivity index is 1.64. The highest BCUT2D eigenvalue weighted by Gasteiger charge is 2.51. The van der Waals surface area contributed by atoms with Crippen LogP contribution in [0.3, 0.4) is 0 Å². The van der Waals surface area contributed by atoms with E-state index in [0.717, 1.165) is 4.81 Å². The second kappa shape index (κ2) is 14.7.